The normalized spacial score (nSPS) is 16.2. The fraction of sp³-hybridized carbons (Fsp3) is 0.583. The maximum absolute atomic E-state index is 11.8. The lowest BCUT2D eigenvalue weighted by Gasteiger charge is -2.26. The molecule has 0 radical (unpaired) electrons. The summed E-state index contributed by atoms with van der Waals surface area (Å²) in [6, 6.07) is 0. The van der Waals surface area contributed by atoms with Crippen molar-refractivity contribution in [3.63, 3.8) is 0 Å². The van der Waals surface area contributed by atoms with Gasteiger partial charge < -0.3 is 14.4 Å². The van der Waals surface area contributed by atoms with Crippen molar-refractivity contribution in [2.24, 2.45) is 0 Å². The molecule has 1 heterocycles. The molecular formula is C12H15Br2NO5. The summed E-state index contributed by atoms with van der Waals surface area (Å²) in [6.07, 6.45) is 3.05. The van der Waals surface area contributed by atoms with Gasteiger partial charge in [-0.2, -0.15) is 0 Å². The van der Waals surface area contributed by atoms with E-state index in [0.29, 0.717) is 13.1 Å². The molecule has 0 atom stereocenters. The SMILES string of the molecule is COC(=O)/C(Br)=C(\Br)C(=O)OCC(=O)N1CCCCC1. The maximum Gasteiger partial charge on any atom is 0.347 e. The Hall–Kier alpha value is -0.890. The van der Waals surface area contributed by atoms with E-state index in [1.165, 1.54) is 7.11 Å². The lowest BCUT2D eigenvalue weighted by atomic mass is 10.1. The van der Waals surface area contributed by atoms with Crippen LogP contribution in [-0.4, -0.2) is 49.6 Å². The average Bonchev–Trinajstić information content (AvgIpc) is 2.50. The van der Waals surface area contributed by atoms with Gasteiger partial charge in [0.25, 0.3) is 5.91 Å². The number of hydrogen-bond acceptors (Lipinski definition) is 5. The molecule has 0 unspecified atom stereocenters. The lowest BCUT2D eigenvalue weighted by Crippen LogP contribution is -2.38. The van der Waals surface area contributed by atoms with Crippen LogP contribution in [0.4, 0.5) is 0 Å². The molecule has 1 amide bonds. The average molecular weight is 413 g/mol. The summed E-state index contributed by atoms with van der Waals surface area (Å²) in [6.45, 7) is 1.05. The quantitative estimate of drug-likeness (QED) is 0.519. The van der Waals surface area contributed by atoms with Gasteiger partial charge in [0.1, 0.15) is 8.96 Å². The number of halogens is 2. The number of esters is 2. The summed E-state index contributed by atoms with van der Waals surface area (Å²) >= 11 is 5.84. The second-order valence-corrected chi connectivity index (χ2v) is 5.72. The van der Waals surface area contributed by atoms with E-state index in [1.807, 2.05) is 0 Å². The van der Waals surface area contributed by atoms with Gasteiger partial charge in [-0.3, -0.25) is 4.79 Å². The van der Waals surface area contributed by atoms with Gasteiger partial charge in [0.05, 0.1) is 7.11 Å². The first kappa shape index (κ1) is 17.2. The number of ether oxygens (including phenoxy) is 2. The lowest BCUT2D eigenvalue weighted by molar-refractivity contribution is -0.149. The van der Waals surface area contributed by atoms with Crippen molar-refractivity contribution in [1.82, 2.24) is 4.90 Å². The molecule has 1 aliphatic heterocycles. The second-order valence-electron chi connectivity index (χ2n) is 4.14. The van der Waals surface area contributed by atoms with E-state index in [0.717, 1.165) is 19.3 Å². The van der Waals surface area contributed by atoms with Gasteiger partial charge in [-0.1, -0.05) is 0 Å². The van der Waals surface area contributed by atoms with E-state index in [1.54, 1.807) is 4.90 Å². The van der Waals surface area contributed by atoms with E-state index < -0.39 is 11.9 Å². The topological polar surface area (TPSA) is 72.9 Å². The van der Waals surface area contributed by atoms with E-state index in [4.69, 9.17) is 4.74 Å². The summed E-state index contributed by atoms with van der Waals surface area (Å²) in [5.74, 6) is -1.74. The monoisotopic (exact) mass is 411 g/mol. The summed E-state index contributed by atoms with van der Waals surface area (Å²) in [5, 5.41) is 0. The molecule has 0 aromatic rings. The first-order valence-electron chi connectivity index (χ1n) is 6.06. The Morgan fingerprint density at radius 2 is 1.55 bits per heavy atom. The van der Waals surface area contributed by atoms with Crippen LogP contribution in [-0.2, 0) is 23.9 Å². The van der Waals surface area contributed by atoms with Crippen LogP contribution in [0.25, 0.3) is 0 Å². The molecule has 20 heavy (non-hydrogen) atoms. The largest absolute Gasteiger partial charge is 0.465 e. The Morgan fingerprint density at radius 1 is 1.00 bits per heavy atom. The van der Waals surface area contributed by atoms with Crippen LogP contribution in [0, 0.1) is 0 Å². The van der Waals surface area contributed by atoms with Crippen LogP contribution >= 0.6 is 31.9 Å². The highest BCUT2D eigenvalue weighted by molar-refractivity contribution is 9.14. The number of likely N-dealkylation sites (tertiary alicyclic amines) is 1. The second kappa shape index (κ2) is 8.41. The molecule has 6 nitrogen and oxygen atoms in total. The smallest absolute Gasteiger partial charge is 0.347 e. The van der Waals surface area contributed by atoms with Crippen molar-refractivity contribution in [3.8, 4) is 0 Å². The van der Waals surface area contributed by atoms with Gasteiger partial charge in [0, 0.05) is 13.1 Å². The molecule has 0 aromatic heterocycles. The van der Waals surface area contributed by atoms with Gasteiger partial charge in [-0.15, -0.1) is 0 Å². The Bertz CT molecular complexity index is 430. The predicted molar refractivity (Wildman–Crippen MR) is 78.3 cm³/mol. The fourth-order valence-corrected chi connectivity index (χ4v) is 2.29. The maximum atomic E-state index is 11.8. The van der Waals surface area contributed by atoms with Crippen molar-refractivity contribution >= 4 is 49.7 Å². The summed E-state index contributed by atoms with van der Waals surface area (Å²) < 4.78 is 9.11. The number of carbonyl (C=O) groups excluding carboxylic acids is 3. The van der Waals surface area contributed by atoms with Gasteiger partial charge >= 0.3 is 11.9 Å². The minimum Gasteiger partial charge on any atom is -0.465 e. The predicted octanol–water partition coefficient (Wildman–Crippen LogP) is 1.72. The molecule has 8 heteroatoms. The van der Waals surface area contributed by atoms with E-state index in [2.05, 4.69) is 36.6 Å². The van der Waals surface area contributed by atoms with Crippen molar-refractivity contribution in [1.29, 1.82) is 0 Å². The summed E-state index contributed by atoms with van der Waals surface area (Å²) in [5.41, 5.74) is 0. The molecule has 0 spiro atoms. The third-order valence-corrected chi connectivity index (χ3v) is 4.74. The van der Waals surface area contributed by atoms with Crippen LogP contribution in [0.3, 0.4) is 0 Å². The van der Waals surface area contributed by atoms with Gasteiger partial charge in [-0.25, -0.2) is 9.59 Å². The van der Waals surface area contributed by atoms with E-state index >= 15 is 0 Å². The van der Waals surface area contributed by atoms with Crippen molar-refractivity contribution in [3.05, 3.63) is 8.96 Å². The Kier molecular flexibility index (Phi) is 7.22. The van der Waals surface area contributed by atoms with Gasteiger partial charge in [-0.05, 0) is 51.1 Å². The summed E-state index contributed by atoms with van der Waals surface area (Å²) in [7, 11) is 1.19. The molecule has 112 valence electrons. The van der Waals surface area contributed by atoms with Crippen LogP contribution < -0.4 is 0 Å². The number of methoxy groups -OCH3 is 1. The van der Waals surface area contributed by atoms with E-state index in [-0.39, 0.29) is 21.5 Å². The van der Waals surface area contributed by atoms with Crippen molar-refractivity contribution < 1.29 is 23.9 Å². The van der Waals surface area contributed by atoms with Crippen molar-refractivity contribution in [2.75, 3.05) is 26.8 Å². The third kappa shape index (κ3) is 4.90. The molecule has 0 aromatic carbocycles. The first-order valence-corrected chi connectivity index (χ1v) is 7.64. The molecule has 1 aliphatic rings. The highest BCUT2D eigenvalue weighted by atomic mass is 79.9. The molecule has 0 N–H and O–H groups in total. The highest BCUT2D eigenvalue weighted by Gasteiger charge is 2.22. The number of nitrogens with zero attached hydrogens (tertiary/aromatic N) is 1. The number of hydrogen-bond donors (Lipinski definition) is 0. The first-order chi connectivity index (χ1) is 9.47. The number of amides is 1. The fourth-order valence-electron chi connectivity index (χ4n) is 1.69. The van der Waals surface area contributed by atoms with Gasteiger partial charge in [0.15, 0.2) is 6.61 Å². The van der Waals surface area contributed by atoms with Crippen LogP contribution in [0.5, 0.6) is 0 Å². The zero-order chi connectivity index (χ0) is 15.1. The third-order valence-electron chi connectivity index (χ3n) is 2.77. The minimum absolute atomic E-state index is 0.0876. The molecule has 1 rings (SSSR count). The Balaban J connectivity index is 2.50. The Labute approximate surface area is 133 Å². The van der Waals surface area contributed by atoms with Crippen molar-refractivity contribution in [2.45, 2.75) is 19.3 Å². The zero-order valence-electron chi connectivity index (χ0n) is 11.0. The highest BCUT2D eigenvalue weighted by Crippen LogP contribution is 2.20. The summed E-state index contributed by atoms with van der Waals surface area (Å²) in [4.78, 5) is 36.3. The van der Waals surface area contributed by atoms with Crippen LogP contribution in [0.1, 0.15) is 19.3 Å². The number of piperidine rings is 1. The number of rotatable bonds is 4. The molecule has 0 aliphatic carbocycles. The number of carbonyl (C=O) groups is 3. The van der Waals surface area contributed by atoms with Gasteiger partial charge in [0.2, 0.25) is 0 Å². The van der Waals surface area contributed by atoms with Crippen LogP contribution in [0.2, 0.25) is 0 Å². The molecule has 0 saturated carbocycles. The minimum atomic E-state index is -0.798. The molecule has 1 fully saturated rings. The molecular weight excluding hydrogens is 398 g/mol. The zero-order valence-corrected chi connectivity index (χ0v) is 14.2. The molecule has 1 saturated heterocycles. The van der Waals surface area contributed by atoms with E-state index in [9.17, 15) is 14.4 Å². The van der Waals surface area contributed by atoms with Crippen LogP contribution in [0.15, 0.2) is 8.96 Å². The standard InChI is InChI=1S/C12H15Br2NO5/c1-19-11(17)9(13)10(14)12(18)20-7-8(16)15-5-3-2-4-6-15/h2-7H2,1H3/b10-9+. The molecule has 0 bridgehead atoms. The Morgan fingerprint density at radius 3 is 2.10 bits per heavy atom.